The Balaban J connectivity index is 2.18. The third-order valence-corrected chi connectivity index (χ3v) is 3.12. The monoisotopic (exact) mass is 213 g/mol. The highest BCUT2D eigenvalue weighted by atomic mass is 16.5. The van der Waals surface area contributed by atoms with Crippen LogP contribution in [0.4, 0.5) is 0 Å². The van der Waals surface area contributed by atoms with Gasteiger partial charge in [-0.05, 0) is 20.3 Å². The topological polar surface area (TPSA) is 55.8 Å². The summed E-state index contributed by atoms with van der Waals surface area (Å²) >= 11 is 0. The molecular formula is C10H15NO4. The molecule has 0 aromatic heterocycles. The molecule has 0 saturated carbocycles. The molecule has 0 unspecified atom stereocenters. The molecule has 2 fully saturated rings. The Kier molecular flexibility index (Phi) is 2.22. The lowest BCUT2D eigenvalue weighted by molar-refractivity contribution is -0.234. The van der Waals surface area contributed by atoms with Crippen LogP contribution in [0.1, 0.15) is 20.3 Å². The van der Waals surface area contributed by atoms with Crippen molar-refractivity contribution in [2.45, 2.75) is 32.0 Å². The van der Waals surface area contributed by atoms with Crippen LogP contribution in [0.2, 0.25) is 0 Å². The number of esters is 1. The van der Waals surface area contributed by atoms with Gasteiger partial charge in [-0.2, -0.15) is 0 Å². The van der Waals surface area contributed by atoms with Crippen LogP contribution in [0.15, 0.2) is 0 Å². The van der Waals surface area contributed by atoms with Gasteiger partial charge in [0, 0.05) is 0 Å². The third-order valence-electron chi connectivity index (χ3n) is 3.12. The number of fused-ring (bicyclic) bond motifs is 1. The normalized spacial score (nSPS) is 33.0. The number of hydrogen-bond donors (Lipinski definition) is 0. The zero-order valence-corrected chi connectivity index (χ0v) is 9.15. The van der Waals surface area contributed by atoms with Crippen LogP contribution in [0.3, 0.4) is 0 Å². The second kappa shape index (κ2) is 3.20. The summed E-state index contributed by atoms with van der Waals surface area (Å²) in [6.07, 6.45) is 0.703. The Morgan fingerprint density at radius 2 is 2.27 bits per heavy atom. The van der Waals surface area contributed by atoms with Gasteiger partial charge in [0.15, 0.2) is 5.92 Å². The number of carbonyl (C=O) groups is 2. The summed E-state index contributed by atoms with van der Waals surface area (Å²) in [5.74, 6) is -1.23. The van der Waals surface area contributed by atoms with Crippen LogP contribution in [0.25, 0.3) is 0 Å². The quantitative estimate of drug-likeness (QED) is 0.353. The molecule has 1 amide bonds. The van der Waals surface area contributed by atoms with Gasteiger partial charge in [-0.1, -0.05) is 0 Å². The number of methoxy groups -OCH3 is 1. The van der Waals surface area contributed by atoms with E-state index in [9.17, 15) is 9.59 Å². The Morgan fingerprint density at radius 1 is 1.60 bits per heavy atom. The molecule has 0 radical (unpaired) electrons. The highest BCUT2D eigenvalue weighted by Crippen LogP contribution is 2.40. The molecule has 2 saturated heterocycles. The van der Waals surface area contributed by atoms with E-state index in [1.54, 1.807) is 4.90 Å². The summed E-state index contributed by atoms with van der Waals surface area (Å²) < 4.78 is 10.1. The number of carbonyl (C=O) groups excluding carboxylic acids is 2. The number of hydrogen-bond acceptors (Lipinski definition) is 4. The molecule has 0 aromatic rings. The molecule has 0 aliphatic carbocycles. The second-order valence-electron chi connectivity index (χ2n) is 4.36. The first-order valence-corrected chi connectivity index (χ1v) is 5.04. The van der Waals surface area contributed by atoms with Crippen molar-refractivity contribution in [2.24, 2.45) is 5.92 Å². The molecule has 0 N–H and O–H groups in total. The minimum Gasteiger partial charge on any atom is -0.468 e. The molecule has 15 heavy (non-hydrogen) atoms. The first-order valence-electron chi connectivity index (χ1n) is 5.04. The van der Waals surface area contributed by atoms with E-state index in [2.05, 4.69) is 4.74 Å². The average Bonchev–Trinajstić information content (AvgIpc) is 2.15. The third kappa shape index (κ3) is 1.33. The fraction of sp³-hybridized carbons (Fsp3) is 0.800. The summed E-state index contributed by atoms with van der Waals surface area (Å²) in [4.78, 5) is 24.8. The fourth-order valence-corrected chi connectivity index (χ4v) is 2.39. The summed E-state index contributed by atoms with van der Waals surface area (Å²) in [5, 5.41) is 0. The van der Waals surface area contributed by atoms with Gasteiger partial charge in [0.05, 0.1) is 19.8 Å². The number of amides is 1. The van der Waals surface area contributed by atoms with Crippen molar-refractivity contribution in [1.82, 2.24) is 4.90 Å². The van der Waals surface area contributed by atoms with Gasteiger partial charge in [-0.15, -0.1) is 0 Å². The lowest BCUT2D eigenvalue weighted by Crippen LogP contribution is -2.73. The van der Waals surface area contributed by atoms with Crippen LogP contribution < -0.4 is 0 Å². The van der Waals surface area contributed by atoms with Gasteiger partial charge in [0.2, 0.25) is 5.91 Å². The van der Waals surface area contributed by atoms with E-state index in [-0.39, 0.29) is 11.9 Å². The Morgan fingerprint density at radius 3 is 2.87 bits per heavy atom. The van der Waals surface area contributed by atoms with E-state index in [0.29, 0.717) is 13.0 Å². The van der Waals surface area contributed by atoms with Gasteiger partial charge >= 0.3 is 5.97 Å². The molecule has 2 aliphatic rings. The van der Waals surface area contributed by atoms with E-state index >= 15 is 0 Å². The molecule has 0 spiro atoms. The Hall–Kier alpha value is -1.10. The van der Waals surface area contributed by atoms with Crippen molar-refractivity contribution in [2.75, 3.05) is 13.7 Å². The van der Waals surface area contributed by atoms with E-state index in [0.717, 1.165) is 0 Å². The van der Waals surface area contributed by atoms with Crippen molar-refractivity contribution in [3.05, 3.63) is 0 Å². The Bertz CT molecular complexity index is 313. The molecule has 2 heterocycles. The van der Waals surface area contributed by atoms with E-state index in [4.69, 9.17) is 4.74 Å². The lowest BCUT2D eigenvalue weighted by atomic mass is 9.82. The average molecular weight is 213 g/mol. The second-order valence-corrected chi connectivity index (χ2v) is 4.36. The van der Waals surface area contributed by atoms with Crippen LogP contribution >= 0.6 is 0 Å². The molecule has 2 aliphatic heterocycles. The summed E-state index contributed by atoms with van der Waals surface area (Å²) in [7, 11) is 1.31. The van der Waals surface area contributed by atoms with Crippen molar-refractivity contribution in [1.29, 1.82) is 0 Å². The maximum absolute atomic E-state index is 11.8. The summed E-state index contributed by atoms with van der Waals surface area (Å²) in [5.41, 5.74) is -0.593. The van der Waals surface area contributed by atoms with E-state index in [1.807, 2.05) is 13.8 Å². The molecule has 0 aromatic carbocycles. The lowest BCUT2D eigenvalue weighted by Gasteiger charge is -2.56. The van der Waals surface area contributed by atoms with E-state index in [1.165, 1.54) is 7.11 Å². The highest BCUT2D eigenvalue weighted by Gasteiger charge is 2.59. The van der Waals surface area contributed by atoms with Crippen molar-refractivity contribution in [3.8, 4) is 0 Å². The predicted octanol–water partition coefficient (Wildman–Crippen LogP) is 0.143. The first kappa shape index (κ1) is 10.4. The number of β-lactam (4-membered cyclic amide) rings is 1. The van der Waals surface area contributed by atoms with Crippen LogP contribution in [0, 0.1) is 5.92 Å². The minimum absolute atomic E-state index is 0.0475. The zero-order valence-electron chi connectivity index (χ0n) is 9.15. The number of rotatable bonds is 1. The molecule has 84 valence electrons. The maximum Gasteiger partial charge on any atom is 0.320 e. The van der Waals surface area contributed by atoms with Crippen LogP contribution in [0.5, 0.6) is 0 Å². The van der Waals surface area contributed by atoms with Crippen molar-refractivity contribution >= 4 is 11.9 Å². The standard InChI is InChI=1S/C10H15NO4/c1-10(2)11-6(4-5-15-10)7(8(11)12)9(13)14-3/h6-7H,4-5H2,1-3H3/t6-,7-/m1/s1. The molecular weight excluding hydrogens is 198 g/mol. The molecule has 5 nitrogen and oxygen atoms in total. The maximum atomic E-state index is 11.8. The van der Waals surface area contributed by atoms with Gasteiger partial charge in [0.1, 0.15) is 5.72 Å². The molecule has 2 rings (SSSR count). The first-order chi connectivity index (χ1) is 6.99. The van der Waals surface area contributed by atoms with Gasteiger partial charge in [-0.25, -0.2) is 0 Å². The molecule has 0 bridgehead atoms. The number of nitrogens with zero attached hydrogens (tertiary/aromatic N) is 1. The summed E-state index contributed by atoms with van der Waals surface area (Å²) in [6.45, 7) is 4.25. The fourth-order valence-electron chi connectivity index (χ4n) is 2.39. The van der Waals surface area contributed by atoms with E-state index < -0.39 is 17.6 Å². The van der Waals surface area contributed by atoms with Crippen molar-refractivity contribution in [3.63, 3.8) is 0 Å². The Labute approximate surface area is 88.3 Å². The number of ether oxygens (including phenoxy) is 2. The van der Waals surface area contributed by atoms with Gasteiger partial charge in [0.25, 0.3) is 0 Å². The SMILES string of the molecule is COC(=O)[C@H]1C(=O)N2[C@@H]1CCOC2(C)C. The highest BCUT2D eigenvalue weighted by molar-refractivity contribution is 6.03. The zero-order chi connectivity index (χ0) is 11.2. The molecule has 5 heteroatoms. The van der Waals surface area contributed by atoms with Gasteiger partial charge < -0.3 is 14.4 Å². The largest absolute Gasteiger partial charge is 0.468 e. The minimum atomic E-state index is -0.613. The van der Waals surface area contributed by atoms with Gasteiger partial charge in [-0.3, -0.25) is 9.59 Å². The van der Waals surface area contributed by atoms with Crippen molar-refractivity contribution < 1.29 is 19.1 Å². The van der Waals surface area contributed by atoms with Crippen LogP contribution in [-0.2, 0) is 19.1 Å². The molecule has 2 atom stereocenters. The smallest absolute Gasteiger partial charge is 0.320 e. The van der Waals surface area contributed by atoms with Crippen LogP contribution in [-0.4, -0.2) is 42.3 Å². The summed E-state index contributed by atoms with van der Waals surface area (Å²) in [6, 6.07) is -0.0475. The predicted molar refractivity (Wildman–Crippen MR) is 50.8 cm³/mol.